The molecule has 0 fully saturated rings. The second-order valence-electron chi connectivity index (χ2n) is 5.56. The average Bonchev–Trinajstić information content (AvgIpc) is 2.59. The Labute approximate surface area is 137 Å². The molecule has 1 atom stereocenters. The van der Waals surface area contributed by atoms with Crippen LogP contribution < -0.4 is 15.4 Å². The maximum Gasteiger partial charge on any atom is 0.315 e. The fraction of sp³-hybridized carbons (Fsp3) is 0.316. The smallest absolute Gasteiger partial charge is 0.315 e. The van der Waals surface area contributed by atoms with Crippen molar-refractivity contribution in [3.63, 3.8) is 0 Å². The number of ether oxygens (including phenoxy) is 1. The van der Waals surface area contributed by atoms with Gasteiger partial charge in [-0.2, -0.15) is 0 Å². The van der Waals surface area contributed by atoms with Gasteiger partial charge in [0.1, 0.15) is 5.75 Å². The molecule has 122 valence electrons. The Morgan fingerprint density at radius 1 is 1.09 bits per heavy atom. The number of hydrogen-bond donors (Lipinski definition) is 2. The van der Waals surface area contributed by atoms with Gasteiger partial charge < -0.3 is 15.4 Å². The normalized spacial score (nSPS) is 11.6. The van der Waals surface area contributed by atoms with Crippen LogP contribution in [0.5, 0.6) is 5.75 Å². The number of hydrogen-bond acceptors (Lipinski definition) is 2. The zero-order valence-corrected chi connectivity index (χ0v) is 13.7. The second kappa shape index (κ2) is 8.83. The van der Waals surface area contributed by atoms with Crippen LogP contribution in [0.25, 0.3) is 0 Å². The van der Waals surface area contributed by atoms with Gasteiger partial charge in [0.15, 0.2) is 0 Å². The van der Waals surface area contributed by atoms with E-state index in [1.54, 1.807) is 7.11 Å². The predicted octanol–water partition coefficient (Wildman–Crippen LogP) is 3.52. The quantitative estimate of drug-likeness (QED) is 0.822. The highest BCUT2D eigenvalue weighted by atomic mass is 16.5. The molecule has 2 aromatic rings. The number of urea groups is 1. The minimum absolute atomic E-state index is 0.118. The van der Waals surface area contributed by atoms with Crippen LogP contribution in [0, 0.1) is 0 Å². The summed E-state index contributed by atoms with van der Waals surface area (Å²) >= 11 is 0. The molecule has 0 saturated heterocycles. The summed E-state index contributed by atoms with van der Waals surface area (Å²) in [7, 11) is 1.63. The van der Waals surface area contributed by atoms with E-state index in [0.717, 1.165) is 24.2 Å². The van der Waals surface area contributed by atoms with Crippen molar-refractivity contribution in [1.29, 1.82) is 0 Å². The molecule has 23 heavy (non-hydrogen) atoms. The molecule has 0 spiro atoms. The highest BCUT2D eigenvalue weighted by Gasteiger charge is 2.08. The van der Waals surface area contributed by atoms with Gasteiger partial charge in [0, 0.05) is 18.2 Å². The van der Waals surface area contributed by atoms with E-state index in [-0.39, 0.29) is 12.1 Å². The summed E-state index contributed by atoms with van der Waals surface area (Å²) in [6.45, 7) is 2.47. The van der Waals surface area contributed by atoms with Gasteiger partial charge in [0.25, 0.3) is 0 Å². The van der Waals surface area contributed by atoms with Crippen LogP contribution in [0.1, 0.15) is 24.5 Å². The first-order valence-corrected chi connectivity index (χ1v) is 7.89. The molecule has 2 amide bonds. The third-order valence-electron chi connectivity index (χ3n) is 3.72. The third-order valence-corrected chi connectivity index (χ3v) is 3.72. The number of amides is 2. The lowest BCUT2D eigenvalue weighted by Crippen LogP contribution is -2.40. The number of benzene rings is 2. The van der Waals surface area contributed by atoms with E-state index in [0.29, 0.717) is 6.54 Å². The first-order chi connectivity index (χ1) is 11.2. The lowest BCUT2D eigenvalue weighted by Gasteiger charge is -2.15. The number of methoxy groups -OCH3 is 1. The van der Waals surface area contributed by atoms with Gasteiger partial charge in [0.05, 0.1) is 7.11 Å². The molecule has 0 saturated carbocycles. The molecule has 4 nitrogen and oxygen atoms in total. The highest BCUT2D eigenvalue weighted by molar-refractivity contribution is 5.74. The van der Waals surface area contributed by atoms with Crippen LogP contribution in [-0.2, 0) is 13.0 Å². The zero-order valence-electron chi connectivity index (χ0n) is 13.7. The van der Waals surface area contributed by atoms with Gasteiger partial charge in [-0.1, -0.05) is 48.5 Å². The first-order valence-electron chi connectivity index (χ1n) is 7.89. The molecule has 0 aliphatic heterocycles. The van der Waals surface area contributed by atoms with E-state index >= 15 is 0 Å². The van der Waals surface area contributed by atoms with Crippen molar-refractivity contribution < 1.29 is 9.53 Å². The number of carbonyl (C=O) groups is 1. The molecule has 2 N–H and O–H groups in total. The Kier molecular flexibility index (Phi) is 6.48. The summed E-state index contributed by atoms with van der Waals surface area (Å²) in [5.41, 5.74) is 2.25. The van der Waals surface area contributed by atoms with E-state index in [1.165, 1.54) is 5.56 Å². The molecule has 0 radical (unpaired) electrons. The Morgan fingerprint density at radius 2 is 1.78 bits per heavy atom. The number of para-hydroxylation sites is 1. The Hall–Kier alpha value is -2.49. The molecule has 0 aliphatic carbocycles. The van der Waals surface area contributed by atoms with Gasteiger partial charge in [-0.05, 0) is 31.4 Å². The van der Waals surface area contributed by atoms with Crippen LogP contribution in [-0.4, -0.2) is 19.2 Å². The third kappa shape index (κ3) is 5.66. The van der Waals surface area contributed by atoms with Crippen molar-refractivity contribution in [2.45, 2.75) is 32.4 Å². The Morgan fingerprint density at radius 3 is 2.52 bits per heavy atom. The molecule has 4 heteroatoms. The van der Waals surface area contributed by atoms with Crippen molar-refractivity contribution in [2.75, 3.05) is 7.11 Å². The molecular formula is C19H24N2O2. The number of nitrogens with one attached hydrogen (secondary N) is 2. The van der Waals surface area contributed by atoms with Crippen molar-refractivity contribution in [3.05, 3.63) is 65.7 Å². The fourth-order valence-electron chi connectivity index (χ4n) is 2.40. The monoisotopic (exact) mass is 312 g/mol. The lowest BCUT2D eigenvalue weighted by molar-refractivity contribution is 0.236. The topological polar surface area (TPSA) is 50.4 Å². The second-order valence-corrected chi connectivity index (χ2v) is 5.56. The molecule has 0 heterocycles. The standard InChI is InChI=1S/C19H24N2O2/c1-15(12-13-16-8-4-3-5-9-16)21-19(22)20-14-17-10-6-7-11-18(17)23-2/h3-11,15H,12-14H2,1-2H3,(H2,20,21,22)/t15-/m0/s1. The van der Waals surface area contributed by atoms with E-state index in [2.05, 4.69) is 22.8 Å². The largest absolute Gasteiger partial charge is 0.496 e. The summed E-state index contributed by atoms with van der Waals surface area (Å²) in [5, 5.41) is 5.84. The molecule has 0 aromatic heterocycles. The number of rotatable bonds is 7. The molecule has 0 unspecified atom stereocenters. The van der Waals surface area contributed by atoms with Gasteiger partial charge in [-0.3, -0.25) is 0 Å². The van der Waals surface area contributed by atoms with E-state index < -0.39 is 0 Å². The molecular weight excluding hydrogens is 288 g/mol. The van der Waals surface area contributed by atoms with Crippen molar-refractivity contribution in [1.82, 2.24) is 10.6 Å². The minimum atomic E-state index is -0.156. The molecule has 0 aliphatic rings. The Balaban J connectivity index is 1.73. The molecule has 0 bridgehead atoms. The van der Waals surface area contributed by atoms with Crippen LogP contribution in [0.15, 0.2) is 54.6 Å². The summed E-state index contributed by atoms with van der Waals surface area (Å²) in [6, 6.07) is 17.9. The maximum atomic E-state index is 12.0. The van der Waals surface area contributed by atoms with Crippen molar-refractivity contribution in [2.24, 2.45) is 0 Å². The zero-order chi connectivity index (χ0) is 16.5. The SMILES string of the molecule is COc1ccccc1CNC(=O)N[C@@H](C)CCc1ccccc1. The average molecular weight is 312 g/mol. The van der Waals surface area contributed by atoms with Gasteiger partial charge >= 0.3 is 6.03 Å². The van der Waals surface area contributed by atoms with Crippen LogP contribution in [0.2, 0.25) is 0 Å². The number of carbonyl (C=O) groups excluding carboxylic acids is 1. The van der Waals surface area contributed by atoms with Gasteiger partial charge in [0.2, 0.25) is 0 Å². The maximum absolute atomic E-state index is 12.0. The summed E-state index contributed by atoms with van der Waals surface area (Å²) in [6.07, 6.45) is 1.86. The van der Waals surface area contributed by atoms with Crippen LogP contribution in [0.4, 0.5) is 4.79 Å². The molecule has 2 rings (SSSR count). The predicted molar refractivity (Wildman–Crippen MR) is 92.6 cm³/mol. The van der Waals surface area contributed by atoms with Gasteiger partial charge in [-0.25, -0.2) is 4.79 Å². The van der Waals surface area contributed by atoms with Crippen LogP contribution >= 0.6 is 0 Å². The number of aryl methyl sites for hydroxylation is 1. The highest BCUT2D eigenvalue weighted by Crippen LogP contribution is 2.16. The van der Waals surface area contributed by atoms with Gasteiger partial charge in [-0.15, -0.1) is 0 Å². The van der Waals surface area contributed by atoms with E-state index in [4.69, 9.17) is 4.74 Å². The van der Waals surface area contributed by atoms with Crippen molar-refractivity contribution in [3.8, 4) is 5.75 Å². The van der Waals surface area contributed by atoms with Crippen molar-refractivity contribution >= 4 is 6.03 Å². The fourth-order valence-corrected chi connectivity index (χ4v) is 2.40. The summed E-state index contributed by atoms with van der Waals surface area (Å²) in [4.78, 5) is 12.0. The summed E-state index contributed by atoms with van der Waals surface area (Å²) < 4.78 is 5.27. The minimum Gasteiger partial charge on any atom is -0.496 e. The molecule has 2 aromatic carbocycles. The van der Waals surface area contributed by atoms with E-state index in [1.807, 2.05) is 49.4 Å². The van der Waals surface area contributed by atoms with E-state index in [9.17, 15) is 4.79 Å². The lowest BCUT2D eigenvalue weighted by atomic mass is 10.1. The first kappa shape index (κ1) is 16.9. The Bertz CT molecular complexity index is 614. The van der Waals surface area contributed by atoms with Crippen LogP contribution in [0.3, 0.4) is 0 Å². The summed E-state index contributed by atoms with van der Waals surface area (Å²) in [5.74, 6) is 0.782.